The number of benzene rings is 10. The summed E-state index contributed by atoms with van der Waals surface area (Å²) in [4.78, 5) is 0. The average Bonchev–Trinajstić information content (AvgIpc) is 3.92. The molecule has 0 fully saturated rings. The van der Waals surface area contributed by atoms with Crippen LogP contribution in [0.1, 0.15) is 22.3 Å². The molecule has 59 heavy (non-hydrogen) atoms. The maximum absolute atomic E-state index is 6.51. The summed E-state index contributed by atoms with van der Waals surface area (Å²) >= 11 is 0. The molecule has 0 bridgehead atoms. The molecule has 2 nitrogen and oxygen atoms in total. The predicted octanol–water partition coefficient (Wildman–Crippen LogP) is 15.3. The van der Waals surface area contributed by atoms with Crippen LogP contribution in [0.3, 0.4) is 0 Å². The van der Waals surface area contributed by atoms with E-state index < -0.39 is 5.41 Å². The zero-order valence-electron chi connectivity index (χ0n) is 31.8. The Morgan fingerprint density at radius 2 is 0.966 bits per heavy atom. The van der Waals surface area contributed by atoms with Crippen molar-refractivity contribution in [3.8, 4) is 67.1 Å². The number of para-hydroxylation sites is 2. The van der Waals surface area contributed by atoms with Crippen LogP contribution in [0, 0.1) is 0 Å². The van der Waals surface area contributed by atoms with Crippen LogP contribution in [0.4, 0.5) is 0 Å². The van der Waals surface area contributed by atoms with E-state index in [0.717, 1.165) is 44.4 Å². The van der Waals surface area contributed by atoms with Crippen molar-refractivity contribution in [3.63, 3.8) is 0 Å². The predicted molar refractivity (Wildman–Crippen MR) is 241 cm³/mol. The van der Waals surface area contributed by atoms with E-state index in [2.05, 4.69) is 182 Å². The Kier molecular flexibility index (Phi) is 5.99. The van der Waals surface area contributed by atoms with E-state index in [1.807, 2.05) is 12.1 Å². The van der Waals surface area contributed by atoms with Gasteiger partial charge in [0.1, 0.15) is 22.7 Å². The van der Waals surface area contributed by atoms with Gasteiger partial charge < -0.3 is 9.15 Å². The van der Waals surface area contributed by atoms with Crippen LogP contribution in [-0.4, -0.2) is 0 Å². The molecule has 1 aliphatic heterocycles. The monoisotopic (exact) mass is 748 g/mol. The average molecular weight is 749 g/mol. The molecule has 272 valence electrons. The largest absolute Gasteiger partial charge is 0.456 e. The van der Waals surface area contributed by atoms with E-state index in [1.54, 1.807) is 0 Å². The van der Waals surface area contributed by atoms with Gasteiger partial charge >= 0.3 is 0 Å². The number of furan rings is 1. The third-order valence-corrected chi connectivity index (χ3v) is 13.5. The summed E-state index contributed by atoms with van der Waals surface area (Å²) in [7, 11) is 0. The highest BCUT2D eigenvalue weighted by molar-refractivity contribution is 6.15. The second-order valence-electron chi connectivity index (χ2n) is 16.2. The molecule has 14 rings (SSSR count). The van der Waals surface area contributed by atoms with E-state index in [4.69, 9.17) is 9.15 Å². The molecule has 10 aromatic carbocycles. The summed E-state index contributed by atoms with van der Waals surface area (Å²) in [5, 5.41) is 7.05. The topological polar surface area (TPSA) is 22.4 Å². The Bertz CT molecular complexity index is 3610. The fraction of sp³-hybridized carbons (Fsp3) is 0.0175. The van der Waals surface area contributed by atoms with Crippen molar-refractivity contribution in [1.29, 1.82) is 0 Å². The fourth-order valence-corrected chi connectivity index (χ4v) is 11.2. The molecule has 0 saturated carbocycles. The van der Waals surface area contributed by atoms with Gasteiger partial charge in [-0.3, -0.25) is 0 Å². The Morgan fingerprint density at radius 1 is 0.322 bits per heavy atom. The van der Waals surface area contributed by atoms with Crippen LogP contribution in [0.25, 0.3) is 99.1 Å². The Labute approximate surface area is 340 Å². The summed E-state index contributed by atoms with van der Waals surface area (Å²) in [5.41, 5.74) is 19.0. The van der Waals surface area contributed by atoms with Gasteiger partial charge in [-0.05, 0) is 131 Å². The normalized spacial score (nSPS) is 13.7. The van der Waals surface area contributed by atoms with Gasteiger partial charge in [0.15, 0.2) is 0 Å². The summed E-state index contributed by atoms with van der Waals surface area (Å²) in [6, 6.07) is 71.5. The number of ether oxygens (including phenoxy) is 1. The molecule has 0 unspecified atom stereocenters. The highest BCUT2D eigenvalue weighted by atomic mass is 16.5. The standard InChI is InChI=1S/C57H32O2/c1-6-19-46-38(12-1)39-13-2-7-20-47(39)57(46)48-21-8-3-16-44(48)56-49(57)32-35-30-33(36-27-29-53-55-42(36)17-11-18-43(55)40-14-4-9-22-50(40)59-53)24-26-37(35)54(56)34-25-28-52-45(31-34)41-15-5-10-23-51(41)58-52/h1-32H. The summed E-state index contributed by atoms with van der Waals surface area (Å²) in [6.07, 6.45) is 0. The van der Waals surface area contributed by atoms with Crippen LogP contribution in [0.15, 0.2) is 199 Å². The van der Waals surface area contributed by atoms with Crippen LogP contribution in [-0.2, 0) is 5.41 Å². The van der Waals surface area contributed by atoms with Gasteiger partial charge in [-0.25, -0.2) is 0 Å². The van der Waals surface area contributed by atoms with Crippen LogP contribution in [0.5, 0.6) is 11.5 Å². The molecule has 11 aromatic rings. The number of hydrogen-bond acceptors (Lipinski definition) is 2. The minimum absolute atomic E-state index is 0.477. The lowest BCUT2D eigenvalue weighted by Crippen LogP contribution is -2.25. The molecule has 2 heterocycles. The molecule has 2 heteroatoms. The first-order valence-corrected chi connectivity index (χ1v) is 20.4. The second kappa shape index (κ2) is 11.2. The molecule has 0 saturated heterocycles. The van der Waals surface area contributed by atoms with Crippen molar-refractivity contribution in [2.24, 2.45) is 0 Å². The Balaban J connectivity index is 1.10. The molecule has 3 aliphatic rings. The zero-order chi connectivity index (χ0) is 38.4. The first-order valence-electron chi connectivity index (χ1n) is 20.4. The minimum atomic E-state index is -0.477. The van der Waals surface area contributed by atoms with Gasteiger partial charge in [-0.15, -0.1) is 0 Å². The van der Waals surface area contributed by atoms with Crippen LogP contribution in [0.2, 0.25) is 0 Å². The van der Waals surface area contributed by atoms with E-state index >= 15 is 0 Å². The smallest absolute Gasteiger partial charge is 0.135 e. The zero-order valence-corrected chi connectivity index (χ0v) is 31.8. The number of hydrogen-bond donors (Lipinski definition) is 0. The molecule has 0 atom stereocenters. The van der Waals surface area contributed by atoms with E-state index in [9.17, 15) is 0 Å². The second-order valence-corrected chi connectivity index (χ2v) is 16.2. The van der Waals surface area contributed by atoms with Gasteiger partial charge in [0.2, 0.25) is 0 Å². The van der Waals surface area contributed by atoms with Gasteiger partial charge in [0.25, 0.3) is 0 Å². The maximum atomic E-state index is 6.51. The highest BCUT2D eigenvalue weighted by Crippen LogP contribution is 2.65. The van der Waals surface area contributed by atoms with Crippen molar-refractivity contribution < 1.29 is 9.15 Å². The Morgan fingerprint density at radius 3 is 1.80 bits per heavy atom. The SMILES string of the molecule is c1ccc2c(c1)Oc1ccc(-c3ccc4c(-c5ccc6oc7ccccc7c6c5)c5c(cc4c3)C3(c4ccccc4-c4ccccc43)c3ccccc3-5)c3cccc-2c13. The first kappa shape index (κ1) is 31.4. The third kappa shape index (κ3) is 3.96. The maximum Gasteiger partial charge on any atom is 0.135 e. The van der Waals surface area contributed by atoms with Crippen molar-refractivity contribution in [2.45, 2.75) is 5.41 Å². The van der Waals surface area contributed by atoms with Gasteiger partial charge in [0, 0.05) is 21.7 Å². The number of rotatable bonds is 2. The molecule has 1 aromatic heterocycles. The minimum Gasteiger partial charge on any atom is -0.456 e. The summed E-state index contributed by atoms with van der Waals surface area (Å²) in [5.74, 6) is 1.80. The van der Waals surface area contributed by atoms with Crippen molar-refractivity contribution >= 4 is 43.5 Å². The van der Waals surface area contributed by atoms with Gasteiger partial charge in [-0.1, -0.05) is 152 Å². The van der Waals surface area contributed by atoms with Gasteiger partial charge in [-0.2, -0.15) is 0 Å². The molecule has 0 N–H and O–H groups in total. The lowest BCUT2D eigenvalue weighted by molar-refractivity contribution is 0.487. The Hall–Kier alpha value is -7.68. The summed E-state index contributed by atoms with van der Waals surface area (Å²) in [6.45, 7) is 0. The van der Waals surface area contributed by atoms with Crippen molar-refractivity contribution in [2.75, 3.05) is 0 Å². The number of fused-ring (bicyclic) bond motifs is 16. The van der Waals surface area contributed by atoms with Gasteiger partial charge in [0.05, 0.1) is 5.41 Å². The fourth-order valence-electron chi connectivity index (χ4n) is 11.2. The van der Waals surface area contributed by atoms with E-state index in [-0.39, 0.29) is 0 Å². The molecule has 0 radical (unpaired) electrons. The molecule has 1 spiro atoms. The molecule has 0 amide bonds. The lowest BCUT2D eigenvalue weighted by atomic mass is 9.70. The van der Waals surface area contributed by atoms with E-state index in [1.165, 1.54) is 88.5 Å². The van der Waals surface area contributed by atoms with Crippen LogP contribution < -0.4 is 4.74 Å². The molecule has 2 aliphatic carbocycles. The van der Waals surface area contributed by atoms with Crippen molar-refractivity contribution in [3.05, 3.63) is 216 Å². The molecular formula is C57H32O2. The molecular weight excluding hydrogens is 717 g/mol. The third-order valence-electron chi connectivity index (χ3n) is 13.5. The summed E-state index contributed by atoms with van der Waals surface area (Å²) < 4.78 is 12.9. The quantitative estimate of drug-likeness (QED) is 0.176. The highest BCUT2D eigenvalue weighted by Gasteiger charge is 2.52. The van der Waals surface area contributed by atoms with E-state index in [0.29, 0.717) is 0 Å². The first-order chi connectivity index (χ1) is 29.3. The van der Waals surface area contributed by atoms with Crippen LogP contribution >= 0.6 is 0 Å². The lowest BCUT2D eigenvalue weighted by Gasteiger charge is -2.31. The van der Waals surface area contributed by atoms with Crippen molar-refractivity contribution in [1.82, 2.24) is 0 Å².